The van der Waals surface area contributed by atoms with Crippen molar-refractivity contribution < 1.29 is 21.9 Å². The number of ether oxygens (including phenoxy) is 1. The molecule has 0 spiro atoms. The van der Waals surface area contributed by atoms with E-state index >= 15 is 0 Å². The van der Waals surface area contributed by atoms with Gasteiger partial charge in [0.1, 0.15) is 16.5 Å². The number of sulfonamides is 1. The number of benzene rings is 2. The van der Waals surface area contributed by atoms with Crippen molar-refractivity contribution in [2.75, 3.05) is 24.1 Å². The second kappa shape index (κ2) is 9.67. The van der Waals surface area contributed by atoms with E-state index in [2.05, 4.69) is 19.7 Å². The minimum atomic E-state index is -4.41. The Morgan fingerprint density at radius 1 is 1.11 bits per heavy atom. The molecule has 2 aromatic carbocycles. The van der Waals surface area contributed by atoms with Gasteiger partial charge in [0.25, 0.3) is 15.6 Å². The van der Waals surface area contributed by atoms with Gasteiger partial charge < -0.3 is 10.5 Å². The fourth-order valence-corrected chi connectivity index (χ4v) is 5.24. The third kappa shape index (κ3) is 4.59. The van der Waals surface area contributed by atoms with Crippen LogP contribution in [-0.2, 0) is 10.0 Å². The smallest absolute Gasteiger partial charge is 0.267 e. The van der Waals surface area contributed by atoms with E-state index in [9.17, 15) is 22.0 Å². The second-order valence-electron chi connectivity index (χ2n) is 8.27. The molecule has 0 saturated heterocycles. The van der Waals surface area contributed by atoms with Crippen LogP contribution >= 0.6 is 0 Å². The molecule has 0 radical (unpaired) electrons. The Labute approximate surface area is 215 Å². The molecular formula is C25H20F2N6O4S. The van der Waals surface area contributed by atoms with Gasteiger partial charge in [-0.25, -0.2) is 27.2 Å². The number of nitrogens with zero attached hydrogens (tertiary/aromatic N) is 4. The van der Waals surface area contributed by atoms with E-state index in [0.717, 1.165) is 12.1 Å². The number of nitrogen functional groups attached to an aromatic ring is 1. The van der Waals surface area contributed by atoms with Gasteiger partial charge in [0.2, 0.25) is 11.8 Å². The standard InChI is InChI=1S/C25H20F2N6O4S/c1-37-23-22(38(35,36)32-21-5-3-16(26)12-19(21)27)11-15(13-30-23)14-2-4-20-18(10-14)24(34)33(25(28)31-20)17-6-8-29-9-7-17/h2-6,8,10-13,32H,7,9H2,1H3,(H2,28,31). The molecule has 5 rings (SSSR count). The predicted molar refractivity (Wildman–Crippen MR) is 140 cm³/mol. The number of anilines is 2. The Hall–Kier alpha value is -4.65. The van der Waals surface area contributed by atoms with Crippen LogP contribution in [0.25, 0.3) is 27.7 Å². The van der Waals surface area contributed by atoms with Gasteiger partial charge in [-0.2, -0.15) is 0 Å². The zero-order chi connectivity index (χ0) is 27.0. The summed E-state index contributed by atoms with van der Waals surface area (Å²) in [5.74, 6) is -2.15. The molecule has 13 heteroatoms. The summed E-state index contributed by atoms with van der Waals surface area (Å²) in [6.07, 6.45) is 5.18. The monoisotopic (exact) mass is 538 g/mol. The van der Waals surface area contributed by atoms with Crippen molar-refractivity contribution in [2.24, 2.45) is 4.99 Å². The lowest BCUT2D eigenvalue weighted by atomic mass is 10.1. The number of nitrogens with one attached hydrogen (secondary N) is 1. The van der Waals surface area contributed by atoms with Gasteiger partial charge in [-0.1, -0.05) is 6.07 Å². The summed E-state index contributed by atoms with van der Waals surface area (Å²) in [4.78, 5) is 25.5. The number of hydrogen-bond acceptors (Lipinski definition) is 8. The highest BCUT2D eigenvalue weighted by molar-refractivity contribution is 7.92. The van der Waals surface area contributed by atoms with E-state index in [4.69, 9.17) is 10.5 Å². The van der Waals surface area contributed by atoms with Crippen LogP contribution < -0.4 is 20.8 Å². The number of fused-ring (bicyclic) bond motifs is 1. The summed E-state index contributed by atoms with van der Waals surface area (Å²) in [5.41, 5.74) is 7.04. The van der Waals surface area contributed by atoms with Gasteiger partial charge in [-0.05, 0) is 42.0 Å². The van der Waals surface area contributed by atoms with E-state index < -0.39 is 32.9 Å². The number of rotatable bonds is 6. The van der Waals surface area contributed by atoms with Crippen molar-refractivity contribution in [3.8, 4) is 17.0 Å². The highest BCUT2D eigenvalue weighted by atomic mass is 32.2. The number of hydrogen-bond donors (Lipinski definition) is 2. The quantitative estimate of drug-likeness (QED) is 0.383. The summed E-state index contributed by atoms with van der Waals surface area (Å²) in [6.45, 7) is 0.514. The van der Waals surface area contributed by atoms with Gasteiger partial charge in [-0.15, -0.1) is 0 Å². The van der Waals surface area contributed by atoms with Crippen molar-refractivity contribution in [3.63, 3.8) is 0 Å². The topological polar surface area (TPSA) is 142 Å². The van der Waals surface area contributed by atoms with Crippen LogP contribution in [0.4, 0.5) is 20.4 Å². The summed E-state index contributed by atoms with van der Waals surface area (Å²) >= 11 is 0. The number of methoxy groups -OCH3 is 1. The summed E-state index contributed by atoms with van der Waals surface area (Å²) in [7, 11) is -3.18. The van der Waals surface area contributed by atoms with Crippen molar-refractivity contribution in [2.45, 2.75) is 11.3 Å². The molecule has 3 heterocycles. The Morgan fingerprint density at radius 2 is 1.92 bits per heavy atom. The van der Waals surface area contributed by atoms with Gasteiger partial charge in [0.15, 0.2) is 0 Å². The molecule has 10 nitrogen and oxygen atoms in total. The van der Waals surface area contributed by atoms with Gasteiger partial charge in [0, 0.05) is 42.7 Å². The Balaban J connectivity index is 1.60. The molecule has 1 aliphatic rings. The molecule has 1 aliphatic heterocycles. The molecular weight excluding hydrogens is 518 g/mol. The second-order valence-corrected chi connectivity index (χ2v) is 9.92. The normalized spacial score (nSPS) is 13.4. The van der Waals surface area contributed by atoms with Gasteiger partial charge in [0.05, 0.1) is 23.7 Å². The summed E-state index contributed by atoms with van der Waals surface area (Å²) in [6, 6.07) is 8.51. The lowest BCUT2D eigenvalue weighted by Crippen LogP contribution is -2.25. The molecule has 0 saturated carbocycles. The fourth-order valence-electron chi connectivity index (χ4n) is 4.03. The number of nitrogens with two attached hydrogens (primary N) is 1. The Kier molecular flexibility index (Phi) is 6.36. The van der Waals surface area contributed by atoms with Crippen LogP contribution in [0.15, 0.2) is 69.4 Å². The first-order chi connectivity index (χ1) is 18.2. The zero-order valence-electron chi connectivity index (χ0n) is 19.9. The lowest BCUT2D eigenvalue weighted by molar-refractivity contribution is 0.385. The third-order valence-corrected chi connectivity index (χ3v) is 7.22. The maximum atomic E-state index is 14.1. The Bertz CT molecular complexity index is 1820. The van der Waals surface area contributed by atoms with Crippen LogP contribution in [0.3, 0.4) is 0 Å². The molecule has 3 N–H and O–H groups in total. The van der Waals surface area contributed by atoms with E-state index in [0.29, 0.717) is 41.4 Å². The van der Waals surface area contributed by atoms with Crippen LogP contribution in [0.5, 0.6) is 5.88 Å². The van der Waals surface area contributed by atoms with Gasteiger partial charge >= 0.3 is 0 Å². The maximum Gasteiger partial charge on any atom is 0.267 e. The van der Waals surface area contributed by atoms with Crippen molar-refractivity contribution in [3.05, 3.63) is 76.7 Å². The lowest BCUT2D eigenvalue weighted by Gasteiger charge is -2.15. The predicted octanol–water partition coefficient (Wildman–Crippen LogP) is 3.44. The number of pyridine rings is 1. The van der Waals surface area contributed by atoms with E-state index in [1.807, 2.05) is 0 Å². The fraction of sp³-hybridized carbons (Fsp3) is 0.120. The molecule has 0 fully saturated rings. The molecule has 0 amide bonds. The number of halogens is 2. The summed E-state index contributed by atoms with van der Waals surface area (Å²) < 4.78 is 62.2. The van der Waals surface area contributed by atoms with E-state index in [1.165, 1.54) is 23.9 Å². The highest BCUT2D eigenvalue weighted by Crippen LogP contribution is 2.31. The molecule has 0 aliphatic carbocycles. The molecule has 0 unspecified atom stereocenters. The first-order valence-electron chi connectivity index (χ1n) is 11.2. The number of aromatic nitrogens is 3. The molecule has 0 atom stereocenters. The molecule has 2 aromatic heterocycles. The molecule has 194 valence electrons. The van der Waals surface area contributed by atoms with E-state index in [-0.39, 0.29) is 22.1 Å². The van der Waals surface area contributed by atoms with Crippen LogP contribution in [0, 0.1) is 11.6 Å². The number of dihydropyridines is 1. The minimum Gasteiger partial charge on any atom is -0.480 e. The highest BCUT2D eigenvalue weighted by Gasteiger charge is 2.24. The van der Waals surface area contributed by atoms with Crippen molar-refractivity contribution in [1.29, 1.82) is 0 Å². The van der Waals surface area contributed by atoms with E-state index in [1.54, 1.807) is 30.5 Å². The van der Waals surface area contributed by atoms with Crippen LogP contribution in [-0.4, -0.2) is 42.8 Å². The van der Waals surface area contributed by atoms with Crippen molar-refractivity contribution in [1.82, 2.24) is 14.5 Å². The maximum absolute atomic E-state index is 14.1. The molecule has 4 aromatic rings. The summed E-state index contributed by atoms with van der Waals surface area (Å²) in [5, 5.41) is 0.256. The largest absolute Gasteiger partial charge is 0.480 e. The first kappa shape index (κ1) is 25.0. The van der Waals surface area contributed by atoms with Crippen LogP contribution in [0.1, 0.15) is 6.42 Å². The minimum absolute atomic E-state index is 0.0374. The molecule has 0 bridgehead atoms. The van der Waals surface area contributed by atoms with Crippen LogP contribution in [0.2, 0.25) is 0 Å². The third-order valence-electron chi connectivity index (χ3n) is 5.86. The number of allylic oxidation sites excluding steroid dienone is 1. The van der Waals surface area contributed by atoms with Gasteiger partial charge in [-0.3, -0.25) is 19.1 Å². The SMILES string of the molecule is COc1ncc(-c2ccc3nc(N)n(C4=CC=NCC4)c(=O)c3c2)cc1S(=O)(=O)Nc1ccc(F)cc1F. The Morgan fingerprint density at radius 3 is 2.63 bits per heavy atom. The van der Waals surface area contributed by atoms with Crippen molar-refractivity contribution >= 4 is 44.5 Å². The average molecular weight is 539 g/mol. The zero-order valence-corrected chi connectivity index (χ0v) is 20.7. The molecule has 38 heavy (non-hydrogen) atoms. The average Bonchev–Trinajstić information content (AvgIpc) is 2.90. The number of aliphatic imine (C=N–C) groups is 1. The first-order valence-corrected chi connectivity index (χ1v) is 12.7.